The molecule has 18 heavy (non-hydrogen) atoms. The van der Waals surface area contributed by atoms with E-state index in [4.69, 9.17) is 0 Å². The third-order valence-electron chi connectivity index (χ3n) is 3.69. The van der Waals surface area contributed by atoms with E-state index in [0.29, 0.717) is 5.78 Å². The molecular formula is C16H23NO. The van der Waals surface area contributed by atoms with Gasteiger partial charge in [0.1, 0.15) is 0 Å². The maximum atomic E-state index is 12.1. The fourth-order valence-electron chi connectivity index (χ4n) is 2.57. The van der Waals surface area contributed by atoms with Gasteiger partial charge < -0.3 is 5.32 Å². The maximum absolute atomic E-state index is 12.1. The molecule has 0 radical (unpaired) electrons. The minimum atomic E-state index is 0.0218. The second-order valence-corrected chi connectivity index (χ2v) is 5.19. The predicted molar refractivity (Wildman–Crippen MR) is 75.9 cm³/mol. The molecule has 1 N–H and O–H groups in total. The Hall–Kier alpha value is -1.31. The molecule has 1 aliphatic heterocycles. The summed E-state index contributed by atoms with van der Waals surface area (Å²) in [4.78, 5) is 12.1. The Morgan fingerprint density at radius 2 is 2.00 bits per heavy atom. The van der Waals surface area contributed by atoms with Gasteiger partial charge in [-0.05, 0) is 18.1 Å². The minimum Gasteiger partial charge on any atom is -0.375 e. The lowest BCUT2D eigenvalue weighted by Crippen LogP contribution is -2.26. The number of hydrogen-bond donors (Lipinski definition) is 1. The van der Waals surface area contributed by atoms with Crippen molar-refractivity contribution in [1.82, 2.24) is 0 Å². The van der Waals surface area contributed by atoms with Gasteiger partial charge in [0, 0.05) is 18.5 Å². The van der Waals surface area contributed by atoms with Crippen molar-refractivity contribution in [1.29, 1.82) is 0 Å². The van der Waals surface area contributed by atoms with Crippen molar-refractivity contribution < 1.29 is 4.79 Å². The second-order valence-electron chi connectivity index (χ2n) is 5.19. The number of fused-ring (bicyclic) bond motifs is 1. The first kappa shape index (κ1) is 13.1. The number of nitrogens with one attached hydrogen (secondary N) is 1. The largest absolute Gasteiger partial charge is 0.375 e. The van der Waals surface area contributed by atoms with E-state index < -0.39 is 0 Å². The van der Waals surface area contributed by atoms with Crippen LogP contribution in [0.5, 0.6) is 0 Å². The fraction of sp³-hybridized carbons (Fsp3) is 0.562. The van der Waals surface area contributed by atoms with Crippen LogP contribution in [-0.4, -0.2) is 11.8 Å². The zero-order valence-electron chi connectivity index (χ0n) is 11.2. The minimum absolute atomic E-state index is 0.0218. The molecule has 0 spiro atoms. The van der Waals surface area contributed by atoms with Crippen LogP contribution in [0.4, 0.5) is 5.69 Å². The van der Waals surface area contributed by atoms with Gasteiger partial charge in [-0.25, -0.2) is 0 Å². The monoisotopic (exact) mass is 245 g/mol. The van der Waals surface area contributed by atoms with Crippen molar-refractivity contribution in [2.75, 3.05) is 5.32 Å². The topological polar surface area (TPSA) is 29.1 Å². The van der Waals surface area contributed by atoms with Crippen molar-refractivity contribution in [2.24, 2.45) is 0 Å². The molecular weight excluding hydrogens is 222 g/mol. The molecule has 1 aromatic carbocycles. The van der Waals surface area contributed by atoms with Crippen LogP contribution in [0.15, 0.2) is 24.3 Å². The molecule has 0 aromatic heterocycles. The van der Waals surface area contributed by atoms with Gasteiger partial charge in [0.2, 0.25) is 0 Å². The van der Waals surface area contributed by atoms with E-state index in [1.165, 1.54) is 31.2 Å². The summed E-state index contributed by atoms with van der Waals surface area (Å²) in [6.07, 6.45) is 7.66. The molecule has 1 aromatic rings. The number of Topliss-reactive ketones (excluding diaryl/α,β-unsaturated/α-hetero) is 1. The van der Waals surface area contributed by atoms with E-state index in [1.54, 1.807) is 0 Å². The first-order valence-corrected chi connectivity index (χ1v) is 7.18. The van der Waals surface area contributed by atoms with Gasteiger partial charge >= 0.3 is 0 Å². The molecule has 0 bridgehead atoms. The standard InChI is InChI=1S/C16H23NO/c1-2-3-4-5-6-11-16(18)15-12-13-9-7-8-10-14(13)17-15/h7-10,15,17H,2-6,11-12H2,1H3. The van der Waals surface area contributed by atoms with Crippen LogP contribution in [0.2, 0.25) is 0 Å². The number of rotatable bonds is 7. The van der Waals surface area contributed by atoms with Crippen LogP contribution in [0.25, 0.3) is 0 Å². The van der Waals surface area contributed by atoms with Crippen molar-refractivity contribution in [3.05, 3.63) is 29.8 Å². The maximum Gasteiger partial charge on any atom is 0.155 e. The van der Waals surface area contributed by atoms with E-state index >= 15 is 0 Å². The van der Waals surface area contributed by atoms with Gasteiger partial charge in [-0.2, -0.15) is 0 Å². The summed E-state index contributed by atoms with van der Waals surface area (Å²) in [7, 11) is 0. The van der Waals surface area contributed by atoms with Gasteiger partial charge in [0.05, 0.1) is 6.04 Å². The molecule has 0 saturated heterocycles. The Bertz CT molecular complexity index is 375. The molecule has 1 atom stereocenters. The summed E-state index contributed by atoms with van der Waals surface area (Å²) in [5.74, 6) is 0.377. The Labute approximate surface area is 110 Å². The Kier molecular flexibility index (Phi) is 4.80. The van der Waals surface area contributed by atoms with Crippen LogP contribution in [0, 0.1) is 0 Å². The first-order valence-electron chi connectivity index (χ1n) is 7.18. The SMILES string of the molecule is CCCCCCCC(=O)C1Cc2ccccc2N1. The van der Waals surface area contributed by atoms with Gasteiger partial charge in [0.15, 0.2) is 5.78 Å². The average Bonchev–Trinajstić information content (AvgIpc) is 2.82. The second kappa shape index (κ2) is 6.58. The molecule has 98 valence electrons. The highest BCUT2D eigenvalue weighted by Crippen LogP contribution is 2.26. The quantitative estimate of drug-likeness (QED) is 0.737. The van der Waals surface area contributed by atoms with Gasteiger partial charge in [-0.15, -0.1) is 0 Å². The van der Waals surface area contributed by atoms with Crippen molar-refractivity contribution in [3.63, 3.8) is 0 Å². The number of ketones is 1. The molecule has 2 heteroatoms. The number of anilines is 1. The zero-order valence-corrected chi connectivity index (χ0v) is 11.2. The number of benzene rings is 1. The van der Waals surface area contributed by atoms with E-state index in [1.807, 2.05) is 12.1 Å². The molecule has 0 saturated carbocycles. The first-order chi connectivity index (χ1) is 8.81. The normalized spacial score (nSPS) is 17.3. The van der Waals surface area contributed by atoms with Crippen LogP contribution in [0.1, 0.15) is 51.0 Å². The van der Waals surface area contributed by atoms with E-state index in [-0.39, 0.29) is 6.04 Å². The summed E-state index contributed by atoms with van der Waals surface area (Å²) in [6.45, 7) is 2.21. The van der Waals surface area contributed by atoms with E-state index in [9.17, 15) is 4.79 Å². The molecule has 1 heterocycles. The smallest absolute Gasteiger partial charge is 0.155 e. The van der Waals surface area contributed by atoms with Crippen molar-refractivity contribution >= 4 is 11.5 Å². The predicted octanol–water partition coefficient (Wildman–Crippen LogP) is 3.95. The molecule has 2 rings (SSSR count). The number of unbranched alkanes of at least 4 members (excludes halogenated alkanes) is 4. The average molecular weight is 245 g/mol. The number of hydrogen-bond acceptors (Lipinski definition) is 2. The van der Waals surface area contributed by atoms with Crippen LogP contribution in [0.3, 0.4) is 0 Å². The summed E-state index contributed by atoms with van der Waals surface area (Å²) in [5.41, 5.74) is 2.42. The van der Waals surface area contributed by atoms with Gasteiger partial charge in [0.25, 0.3) is 0 Å². The van der Waals surface area contributed by atoms with Gasteiger partial charge in [-0.3, -0.25) is 4.79 Å². The van der Waals surface area contributed by atoms with E-state index in [0.717, 1.165) is 24.9 Å². The van der Waals surface area contributed by atoms with Crippen molar-refractivity contribution in [3.8, 4) is 0 Å². The third kappa shape index (κ3) is 3.34. The molecule has 0 fully saturated rings. The fourth-order valence-corrected chi connectivity index (χ4v) is 2.57. The van der Waals surface area contributed by atoms with Gasteiger partial charge in [-0.1, -0.05) is 50.8 Å². The summed E-state index contributed by atoms with van der Waals surface area (Å²) < 4.78 is 0. The highest BCUT2D eigenvalue weighted by atomic mass is 16.1. The highest BCUT2D eigenvalue weighted by Gasteiger charge is 2.25. The number of carbonyl (C=O) groups excluding carboxylic acids is 1. The lowest BCUT2D eigenvalue weighted by Gasteiger charge is -2.09. The zero-order chi connectivity index (χ0) is 12.8. The lowest BCUT2D eigenvalue weighted by molar-refractivity contribution is -0.119. The summed E-state index contributed by atoms with van der Waals surface area (Å²) in [5, 5.41) is 3.34. The molecule has 0 amide bonds. The highest BCUT2D eigenvalue weighted by molar-refractivity contribution is 5.89. The van der Waals surface area contributed by atoms with Crippen LogP contribution in [-0.2, 0) is 11.2 Å². The number of para-hydroxylation sites is 1. The summed E-state index contributed by atoms with van der Waals surface area (Å²) in [6, 6.07) is 8.25. The molecule has 0 aliphatic carbocycles. The van der Waals surface area contributed by atoms with Crippen molar-refractivity contribution in [2.45, 2.75) is 57.9 Å². The lowest BCUT2D eigenvalue weighted by atomic mass is 10.0. The molecule has 1 unspecified atom stereocenters. The Morgan fingerprint density at radius 1 is 1.22 bits per heavy atom. The Morgan fingerprint density at radius 3 is 2.78 bits per heavy atom. The van der Waals surface area contributed by atoms with Crippen LogP contribution < -0.4 is 5.32 Å². The Balaban J connectivity index is 1.72. The molecule has 2 nitrogen and oxygen atoms in total. The van der Waals surface area contributed by atoms with Crippen LogP contribution >= 0.6 is 0 Å². The summed E-state index contributed by atoms with van der Waals surface area (Å²) >= 11 is 0. The van der Waals surface area contributed by atoms with E-state index in [2.05, 4.69) is 24.4 Å². The number of carbonyl (C=O) groups is 1. The third-order valence-corrected chi connectivity index (χ3v) is 3.69. The molecule has 1 aliphatic rings.